The molecular formula is C20H21NO6S. The van der Waals surface area contributed by atoms with Crippen molar-refractivity contribution < 1.29 is 27.9 Å². The number of rotatable bonds is 6. The number of hydrogen-bond donors (Lipinski definition) is 2. The fourth-order valence-corrected chi connectivity index (χ4v) is 4.83. The largest absolute Gasteiger partial charge is 0.480 e. The Hall–Kier alpha value is -2.87. The summed E-state index contributed by atoms with van der Waals surface area (Å²) in [5.41, 5.74) is 0.542. The van der Waals surface area contributed by atoms with Gasteiger partial charge in [0.25, 0.3) is 0 Å². The Bertz CT molecular complexity index is 1070. The summed E-state index contributed by atoms with van der Waals surface area (Å²) in [5, 5.41) is 12.9. The lowest BCUT2D eigenvalue weighted by molar-refractivity contribution is -0.140. The number of aliphatic carboxylic acids is 1. The second-order valence-corrected chi connectivity index (χ2v) is 8.68. The maximum atomic E-state index is 12.9. The number of ether oxygens (including phenoxy) is 1. The number of carboxylic acid groups (broad SMARTS) is 1. The number of nitrogens with one attached hydrogen (secondary N) is 1. The lowest BCUT2D eigenvalue weighted by atomic mass is 10.00. The minimum absolute atomic E-state index is 0.0376. The Morgan fingerprint density at radius 3 is 2.57 bits per heavy atom. The number of carbonyl (C=O) groups excluding carboxylic acids is 1. The van der Waals surface area contributed by atoms with Crippen LogP contribution in [0.15, 0.2) is 46.2 Å². The Morgan fingerprint density at radius 2 is 1.89 bits per heavy atom. The van der Waals surface area contributed by atoms with Crippen LogP contribution in [0.1, 0.15) is 25.8 Å². The first-order valence-electron chi connectivity index (χ1n) is 8.89. The third-order valence-electron chi connectivity index (χ3n) is 4.94. The number of sulfone groups is 1. The molecule has 2 aromatic rings. The Labute approximate surface area is 162 Å². The van der Waals surface area contributed by atoms with Gasteiger partial charge in [0, 0.05) is 5.39 Å². The number of carboxylic acids is 1. The fraction of sp³-hybridized carbons (Fsp3) is 0.300. The van der Waals surface area contributed by atoms with Crippen molar-refractivity contribution in [2.45, 2.75) is 31.2 Å². The summed E-state index contributed by atoms with van der Waals surface area (Å²) < 4.78 is 30.9. The van der Waals surface area contributed by atoms with E-state index in [1.807, 2.05) is 25.1 Å². The molecule has 7 nitrogen and oxygen atoms in total. The van der Waals surface area contributed by atoms with E-state index in [2.05, 4.69) is 5.32 Å². The monoisotopic (exact) mass is 403 g/mol. The van der Waals surface area contributed by atoms with Crippen LogP contribution >= 0.6 is 0 Å². The molecule has 2 N–H and O–H groups in total. The van der Waals surface area contributed by atoms with Gasteiger partial charge in [0.2, 0.25) is 9.84 Å². The molecule has 1 aliphatic heterocycles. The van der Waals surface area contributed by atoms with Crippen LogP contribution in [0, 0.1) is 5.92 Å². The Kier molecular flexibility index (Phi) is 5.42. The molecule has 3 rings (SSSR count). The fourth-order valence-electron chi connectivity index (χ4n) is 3.16. The van der Waals surface area contributed by atoms with Crippen LogP contribution in [0.25, 0.3) is 16.8 Å². The molecule has 28 heavy (non-hydrogen) atoms. The zero-order valence-electron chi connectivity index (χ0n) is 15.5. The number of alkyl carbamates (subject to hydrolysis) is 1. The summed E-state index contributed by atoms with van der Waals surface area (Å²) in [4.78, 5) is 23.5. The van der Waals surface area contributed by atoms with E-state index in [0.29, 0.717) is 17.4 Å². The quantitative estimate of drug-likeness (QED) is 0.766. The second-order valence-electron chi connectivity index (χ2n) is 6.74. The highest BCUT2D eigenvalue weighted by Gasteiger charge is 2.33. The van der Waals surface area contributed by atoms with Gasteiger partial charge >= 0.3 is 12.1 Å². The van der Waals surface area contributed by atoms with Crippen molar-refractivity contribution in [3.63, 3.8) is 0 Å². The normalized spacial score (nSPS) is 16.7. The van der Waals surface area contributed by atoms with E-state index in [1.165, 1.54) is 6.08 Å². The van der Waals surface area contributed by atoms with Crippen LogP contribution in [0.3, 0.4) is 0 Å². The molecule has 0 aliphatic carbocycles. The average Bonchev–Trinajstić information content (AvgIpc) is 2.94. The summed E-state index contributed by atoms with van der Waals surface area (Å²) in [6.45, 7) is 3.04. The lowest BCUT2D eigenvalue weighted by Gasteiger charge is -2.19. The second kappa shape index (κ2) is 7.63. The predicted molar refractivity (Wildman–Crippen MR) is 104 cm³/mol. The predicted octanol–water partition coefficient (Wildman–Crippen LogP) is 3.19. The van der Waals surface area contributed by atoms with Crippen LogP contribution < -0.4 is 5.32 Å². The van der Waals surface area contributed by atoms with Crippen LogP contribution in [0.4, 0.5) is 4.79 Å². The van der Waals surface area contributed by atoms with Crippen molar-refractivity contribution in [3.05, 3.63) is 46.9 Å². The standard InChI is InChI=1S/C20H21NO6S/c1-3-12(2)17(19(22)23)21-20(24)27-11-15-10-14-9-8-13-6-4-5-7-16(13)18(14)28(15,25)26/h4-10,12,17H,3,11H2,1-2H3,(H,21,24)(H,22,23)/t12-,17-/m0/s1. The van der Waals surface area contributed by atoms with Gasteiger partial charge in [-0.15, -0.1) is 0 Å². The molecule has 0 fully saturated rings. The highest BCUT2D eigenvalue weighted by molar-refractivity contribution is 7.96. The third-order valence-corrected chi connectivity index (χ3v) is 6.86. The smallest absolute Gasteiger partial charge is 0.408 e. The van der Waals surface area contributed by atoms with Gasteiger partial charge < -0.3 is 15.2 Å². The first-order valence-corrected chi connectivity index (χ1v) is 10.4. The Balaban J connectivity index is 1.76. The highest BCUT2D eigenvalue weighted by Crippen LogP contribution is 2.38. The van der Waals surface area contributed by atoms with Crippen LogP contribution in [0.2, 0.25) is 0 Å². The van der Waals surface area contributed by atoms with Crippen molar-refractivity contribution in [3.8, 4) is 0 Å². The molecule has 2 aromatic carbocycles. The molecule has 8 heteroatoms. The lowest BCUT2D eigenvalue weighted by Crippen LogP contribution is -2.45. The number of amides is 1. The number of benzene rings is 2. The van der Waals surface area contributed by atoms with Gasteiger partial charge in [0.15, 0.2) is 0 Å². The number of fused-ring (bicyclic) bond motifs is 3. The van der Waals surface area contributed by atoms with Crippen molar-refractivity contribution in [2.24, 2.45) is 5.92 Å². The van der Waals surface area contributed by atoms with Gasteiger partial charge in [0.1, 0.15) is 12.6 Å². The van der Waals surface area contributed by atoms with Gasteiger partial charge in [-0.1, -0.05) is 56.7 Å². The third kappa shape index (κ3) is 3.60. The Morgan fingerprint density at radius 1 is 1.18 bits per heavy atom. The molecule has 0 aromatic heterocycles. The zero-order chi connectivity index (χ0) is 20.5. The molecule has 1 amide bonds. The molecule has 148 valence electrons. The summed E-state index contributed by atoms with van der Waals surface area (Å²) in [7, 11) is -3.79. The molecule has 2 atom stereocenters. The topological polar surface area (TPSA) is 110 Å². The van der Waals surface area contributed by atoms with E-state index in [9.17, 15) is 23.1 Å². The maximum Gasteiger partial charge on any atom is 0.408 e. The van der Waals surface area contributed by atoms with E-state index < -0.39 is 34.5 Å². The molecule has 0 unspecified atom stereocenters. The summed E-state index contributed by atoms with van der Waals surface area (Å²) >= 11 is 0. The van der Waals surface area contributed by atoms with Crippen LogP contribution in [-0.4, -0.2) is 38.2 Å². The van der Waals surface area contributed by atoms with Crippen LogP contribution in [0.5, 0.6) is 0 Å². The first-order chi connectivity index (χ1) is 13.3. The van der Waals surface area contributed by atoms with Gasteiger partial charge in [0.05, 0.1) is 9.80 Å². The van der Waals surface area contributed by atoms with Gasteiger partial charge in [-0.3, -0.25) is 0 Å². The number of hydrogen-bond acceptors (Lipinski definition) is 5. The van der Waals surface area contributed by atoms with E-state index in [-0.39, 0.29) is 15.7 Å². The maximum absolute atomic E-state index is 12.9. The van der Waals surface area contributed by atoms with E-state index >= 15 is 0 Å². The zero-order valence-corrected chi connectivity index (χ0v) is 16.3. The van der Waals surface area contributed by atoms with Gasteiger partial charge in [-0.05, 0) is 22.9 Å². The molecule has 1 heterocycles. The van der Waals surface area contributed by atoms with Crippen molar-refractivity contribution in [1.82, 2.24) is 5.32 Å². The number of carbonyl (C=O) groups is 2. The van der Waals surface area contributed by atoms with Crippen molar-refractivity contribution in [1.29, 1.82) is 0 Å². The van der Waals surface area contributed by atoms with Gasteiger partial charge in [-0.2, -0.15) is 0 Å². The van der Waals surface area contributed by atoms with Crippen LogP contribution in [-0.2, 0) is 19.4 Å². The first kappa shape index (κ1) is 19.9. The van der Waals surface area contributed by atoms with E-state index in [1.54, 1.807) is 25.1 Å². The summed E-state index contributed by atoms with van der Waals surface area (Å²) in [6.07, 6.45) is 1.07. The average molecular weight is 403 g/mol. The highest BCUT2D eigenvalue weighted by atomic mass is 32.2. The van der Waals surface area contributed by atoms with E-state index in [0.717, 1.165) is 5.39 Å². The van der Waals surface area contributed by atoms with Gasteiger partial charge in [-0.25, -0.2) is 18.0 Å². The van der Waals surface area contributed by atoms with E-state index in [4.69, 9.17) is 4.74 Å². The minimum Gasteiger partial charge on any atom is -0.480 e. The van der Waals surface area contributed by atoms with Crippen molar-refractivity contribution >= 4 is 38.7 Å². The molecule has 0 saturated carbocycles. The summed E-state index contributed by atoms with van der Waals surface area (Å²) in [6, 6.07) is 9.60. The molecule has 0 bridgehead atoms. The SMILES string of the molecule is CC[C@H](C)[C@H](NC(=O)OCC1=Cc2ccc3ccccc3c2S1(=O)=O)C(=O)O. The minimum atomic E-state index is -3.79. The summed E-state index contributed by atoms with van der Waals surface area (Å²) in [5.74, 6) is -1.46. The molecule has 0 saturated heterocycles. The molecule has 0 radical (unpaired) electrons. The molecular weight excluding hydrogens is 382 g/mol. The molecule has 0 spiro atoms. The van der Waals surface area contributed by atoms with Crippen molar-refractivity contribution in [2.75, 3.05) is 6.61 Å². The molecule has 1 aliphatic rings.